The molecule has 0 spiro atoms. The van der Waals surface area contributed by atoms with Crippen molar-refractivity contribution in [3.8, 4) is 10.6 Å². The molecule has 1 aromatic carbocycles. The molecule has 130 valence electrons. The second-order valence-corrected chi connectivity index (χ2v) is 6.15. The second-order valence-electron chi connectivity index (χ2n) is 5.29. The van der Waals surface area contributed by atoms with E-state index >= 15 is 0 Å². The Bertz CT molecular complexity index is 819. The molecule has 10 heteroatoms. The fourth-order valence-electron chi connectivity index (χ4n) is 2.38. The van der Waals surface area contributed by atoms with Crippen LogP contribution < -0.4 is 0 Å². The van der Waals surface area contributed by atoms with E-state index in [1.807, 2.05) is 0 Å². The van der Waals surface area contributed by atoms with Crippen LogP contribution in [0.5, 0.6) is 0 Å². The summed E-state index contributed by atoms with van der Waals surface area (Å²) < 4.78 is 5.09. The summed E-state index contributed by atoms with van der Waals surface area (Å²) >= 11 is 1.24. The van der Waals surface area contributed by atoms with Gasteiger partial charge in [-0.05, 0) is 12.1 Å². The van der Waals surface area contributed by atoms with Gasteiger partial charge in [-0.2, -0.15) is 0 Å². The highest BCUT2D eigenvalue weighted by Crippen LogP contribution is 2.26. The lowest BCUT2D eigenvalue weighted by molar-refractivity contribution is -0.384. The molecule has 2 heterocycles. The molecule has 0 radical (unpaired) electrons. The lowest BCUT2D eigenvalue weighted by Crippen LogP contribution is -2.48. The van der Waals surface area contributed by atoms with Crippen LogP contribution in [0.4, 0.5) is 5.69 Å². The maximum Gasteiger partial charge on any atom is 0.334 e. The minimum Gasteiger partial charge on any atom is -0.479 e. The van der Waals surface area contributed by atoms with Crippen molar-refractivity contribution in [2.75, 3.05) is 19.7 Å². The number of carbonyl (C=O) groups is 2. The first-order chi connectivity index (χ1) is 12.0. The van der Waals surface area contributed by atoms with Gasteiger partial charge >= 0.3 is 5.97 Å². The molecule has 1 aromatic heterocycles. The van der Waals surface area contributed by atoms with Crippen LogP contribution in [0, 0.1) is 10.1 Å². The molecule has 1 fully saturated rings. The van der Waals surface area contributed by atoms with Crippen LogP contribution in [-0.4, -0.2) is 57.6 Å². The lowest BCUT2D eigenvalue weighted by Gasteiger charge is -2.30. The van der Waals surface area contributed by atoms with Crippen LogP contribution in [0.1, 0.15) is 10.5 Å². The number of rotatable bonds is 4. The van der Waals surface area contributed by atoms with E-state index in [1.54, 1.807) is 17.5 Å². The number of nitro groups is 1. The van der Waals surface area contributed by atoms with E-state index in [4.69, 9.17) is 9.84 Å². The molecule has 1 unspecified atom stereocenters. The first-order valence-corrected chi connectivity index (χ1v) is 8.17. The molecule has 0 aliphatic carbocycles. The van der Waals surface area contributed by atoms with Crippen molar-refractivity contribution in [1.29, 1.82) is 0 Å². The molecule has 1 saturated heterocycles. The number of nitrogens with zero attached hydrogens (tertiary/aromatic N) is 3. The molecule has 1 amide bonds. The minimum absolute atomic E-state index is 0.0235. The number of carboxylic acids is 1. The predicted octanol–water partition coefficient (Wildman–Crippen LogP) is 1.64. The summed E-state index contributed by atoms with van der Waals surface area (Å²) in [5, 5.41) is 21.8. The number of thiazole rings is 1. The molecule has 9 nitrogen and oxygen atoms in total. The van der Waals surface area contributed by atoms with Gasteiger partial charge in [-0.25, -0.2) is 9.78 Å². The summed E-state index contributed by atoms with van der Waals surface area (Å²) in [6.45, 7) is 0.424. The van der Waals surface area contributed by atoms with Crippen molar-refractivity contribution >= 4 is 28.9 Å². The normalized spacial score (nSPS) is 17.3. The summed E-state index contributed by atoms with van der Waals surface area (Å²) in [5.41, 5.74) is 0.856. The molecule has 1 aliphatic rings. The zero-order chi connectivity index (χ0) is 18.0. The first-order valence-electron chi connectivity index (χ1n) is 7.30. The van der Waals surface area contributed by atoms with E-state index in [0.29, 0.717) is 17.1 Å². The largest absolute Gasteiger partial charge is 0.479 e. The van der Waals surface area contributed by atoms with Gasteiger partial charge in [-0.15, -0.1) is 11.3 Å². The van der Waals surface area contributed by atoms with Crippen LogP contribution in [0.15, 0.2) is 29.6 Å². The number of ether oxygens (including phenoxy) is 1. The van der Waals surface area contributed by atoms with Gasteiger partial charge in [-0.3, -0.25) is 14.9 Å². The molecular weight excluding hydrogens is 350 g/mol. The number of amides is 1. The van der Waals surface area contributed by atoms with Gasteiger partial charge in [0.25, 0.3) is 11.6 Å². The Balaban J connectivity index is 1.75. The zero-order valence-electron chi connectivity index (χ0n) is 12.8. The van der Waals surface area contributed by atoms with Crippen LogP contribution in [0.2, 0.25) is 0 Å². The fourth-order valence-corrected chi connectivity index (χ4v) is 3.18. The number of carboxylic acid groups (broad SMARTS) is 1. The molecular formula is C15H13N3O6S. The molecule has 1 aliphatic heterocycles. The van der Waals surface area contributed by atoms with Crippen molar-refractivity contribution in [2.24, 2.45) is 0 Å². The number of aliphatic carboxylic acids is 1. The van der Waals surface area contributed by atoms with Crippen LogP contribution in [0.3, 0.4) is 0 Å². The van der Waals surface area contributed by atoms with Crippen molar-refractivity contribution < 1.29 is 24.4 Å². The van der Waals surface area contributed by atoms with Crippen LogP contribution >= 0.6 is 11.3 Å². The van der Waals surface area contributed by atoms with Gasteiger partial charge in [0.2, 0.25) is 0 Å². The van der Waals surface area contributed by atoms with Gasteiger partial charge in [0.1, 0.15) is 10.7 Å². The number of hydrogen-bond donors (Lipinski definition) is 1. The Labute approximate surface area is 145 Å². The minimum atomic E-state index is -1.11. The Hall–Kier alpha value is -2.85. The third kappa shape index (κ3) is 3.64. The molecule has 1 N–H and O–H groups in total. The summed E-state index contributed by atoms with van der Waals surface area (Å²) in [5.74, 6) is -1.47. The van der Waals surface area contributed by atoms with Crippen molar-refractivity contribution in [3.63, 3.8) is 0 Å². The average molecular weight is 363 g/mol. The zero-order valence-corrected chi connectivity index (χ0v) is 13.6. The Morgan fingerprint density at radius 3 is 2.72 bits per heavy atom. The lowest BCUT2D eigenvalue weighted by atomic mass is 10.2. The van der Waals surface area contributed by atoms with E-state index in [-0.39, 0.29) is 30.4 Å². The third-order valence-electron chi connectivity index (χ3n) is 3.68. The SMILES string of the molecule is O=C(O)C1CN(C(=O)c2csc(-c3ccc([N+](=O)[O-])cc3)n2)CCO1. The summed E-state index contributed by atoms with van der Waals surface area (Å²) in [6.07, 6.45) is -1.04. The maximum atomic E-state index is 12.5. The number of morpholine rings is 1. The third-order valence-corrected chi connectivity index (χ3v) is 4.57. The fraction of sp³-hybridized carbons (Fsp3) is 0.267. The van der Waals surface area contributed by atoms with E-state index in [0.717, 1.165) is 0 Å². The topological polar surface area (TPSA) is 123 Å². The molecule has 0 bridgehead atoms. The van der Waals surface area contributed by atoms with Gasteiger partial charge < -0.3 is 14.7 Å². The van der Waals surface area contributed by atoms with Gasteiger partial charge in [0, 0.05) is 29.6 Å². The number of non-ortho nitro benzene ring substituents is 1. The second kappa shape index (κ2) is 6.95. The van der Waals surface area contributed by atoms with Crippen molar-refractivity contribution in [1.82, 2.24) is 9.88 Å². The molecule has 1 atom stereocenters. The highest BCUT2D eigenvalue weighted by atomic mass is 32.1. The quantitative estimate of drug-likeness (QED) is 0.647. The monoisotopic (exact) mass is 363 g/mol. The highest BCUT2D eigenvalue weighted by Gasteiger charge is 2.30. The van der Waals surface area contributed by atoms with E-state index in [1.165, 1.54) is 28.4 Å². The van der Waals surface area contributed by atoms with Gasteiger partial charge in [0.05, 0.1) is 18.1 Å². The van der Waals surface area contributed by atoms with Crippen LogP contribution in [0.25, 0.3) is 10.6 Å². The van der Waals surface area contributed by atoms with E-state index in [9.17, 15) is 19.7 Å². The molecule has 2 aromatic rings. The number of nitro benzene ring substituents is 1. The Morgan fingerprint density at radius 2 is 2.08 bits per heavy atom. The summed E-state index contributed by atoms with van der Waals surface area (Å²) in [4.78, 5) is 39.4. The van der Waals surface area contributed by atoms with Gasteiger partial charge in [0.15, 0.2) is 6.10 Å². The van der Waals surface area contributed by atoms with Crippen LogP contribution in [-0.2, 0) is 9.53 Å². The van der Waals surface area contributed by atoms with E-state index in [2.05, 4.69) is 4.98 Å². The molecule has 0 saturated carbocycles. The molecule has 25 heavy (non-hydrogen) atoms. The average Bonchev–Trinajstić information content (AvgIpc) is 3.11. The Kier molecular flexibility index (Phi) is 4.72. The number of carbonyl (C=O) groups excluding carboxylic acids is 1. The summed E-state index contributed by atoms with van der Waals surface area (Å²) in [6, 6.07) is 5.89. The smallest absolute Gasteiger partial charge is 0.334 e. The molecule has 3 rings (SSSR count). The first kappa shape index (κ1) is 17.0. The maximum absolute atomic E-state index is 12.5. The standard InChI is InChI=1S/C15H13N3O6S/c19-14(17-5-6-24-12(7-17)15(20)21)11-8-25-13(16-11)9-1-3-10(4-2-9)18(22)23/h1-4,8,12H,5-7H2,(H,20,21). The Morgan fingerprint density at radius 1 is 1.36 bits per heavy atom. The van der Waals surface area contributed by atoms with E-state index < -0.39 is 17.0 Å². The number of aromatic nitrogens is 1. The van der Waals surface area contributed by atoms with Crippen molar-refractivity contribution in [2.45, 2.75) is 6.10 Å². The highest BCUT2D eigenvalue weighted by molar-refractivity contribution is 7.13. The number of hydrogen-bond acceptors (Lipinski definition) is 7. The number of benzene rings is 1. The summed E-state index contributed by atoms with van der Waals surface area (Å²) in [7, 11) is 0. The van der Waals surface area contributed by atoms with Crippen molar-refractivity contribution in [3.05, 3.63) is 45.5 Å². The predicted molar refractivity (Wildman–Crippen MR) is 87.5 cm³/mol. The van der Waals surface area contributed by atoms with Gasteiger partial charge in [-0.1, -0.05) is 0 Å².